The largest absolute Gasteiger partial charge is 0.493 e. The molecule has 0 bridgehead atoms. The van der Waals surface area contributed by atoms with Crippen LogP contribution in [0.4, 0.5) is 0 Å². The van der Waals surface area contributed by atoms with Gasteiger partial charge >= 0.3 is 0 Å². The Morgan fingerprint density at radius 3 is 2.27 bits per heavy atom. The van der Waals surface area contributed by atoms with Crippen molar-refractivity contribution in [1.82, 2.24) is 19.9 Å². The van der Waals surface area contributed by atoms with E-state index < -0.39 is 0 Å². The highest BCUT2D eigenvalue weighted by molar-refractivity contribution is 6.30. The van der Waals surface area contributed by atoms with E-state index in [-0.39, 0.29) is 12.1 Å². The Morgan fingerprint density at radius 2 is 1.64 bits per heavy atom. The molecule has 4 aromatic rings. The molecular weight excluding hydrogens is 448 g/mol. The molecule has 10 heteroatoms. The lowest BCUT2D eigenvalue weighted by Gasteiger charge is -2.12. The van der Waals surface area contributed by atoms with Crippen LogP contribution in [0.1, 0.15) is 5.89 Å². The van der Waals surface area contributed by atoms with Gasteiger partial charge in [-0.3, -0.25) is 4.79 Å². The van der Waals surface area contributed by atoms with Crippen molar-refractivity contribution in [2.75, 3.05) is 21.3 Å². The van der Waals surface area contributed by atoms with Crippen molar-refractivity contribution in [2.45, 2.75) is 13.0 Å². The van der Waals surface area contributed by atoms with Crippen LogP contribution in [0.5, 0.6) is 17.2 Å². The second kappa shape index (κ2) is 9.74. The number of nitrogens with zero attached hydrogens (tertiary/aromatic N) is 4. The van der Waals surface area contributed by atoms with Crippen molar-refractivity contribution in [3.63, 3.8) is 0 Å². The Labute approximate surface area is 194 Å². The molecule has 0 aliphatic carbocycles. The van der Waals surface area contributed by atoms with E-state index in [1.54, 1.807) is 30.3 Å². The molecular formula is C23H21ClN4O5. The SMILES string of the molecule is COc1cc(-c2noc(CCn3nc(-c4ccc(Cl)cc4)ccc3=O)n2)cc(OC)c1OC. The van der Waals surface area contributed by atoms with Crippen molar-refractivity contribution in [3.8, 4) is 39.9 Å². The van der Waals surface area contributed by atoms with Crippen molar-refractivity contribution in [3.05, 3.63) is 69.8 Å². The number of ether oxygens (including phenoxy) is 3. The predicted molar refractivity (Wildman–Crippen MR) is 122 cm³/mol. The molecule has 0 saturated carbocycles. The minimum atomic E-state index is -0.225. The van der Waals surface area contributed by atoms with Crippen molar-refractivity contribution < 1.29 is 18.7 Å². The van der Waals surface area contributed by atoms with Gasteiger partial charge in [0, 0.05) is 28.6 Å². The minimum absolute atomic E-state index is 0.225. The number of benzene rings is 2. The molecule has 0 amide bonds. The highest BCUT2D eigenvalue weighted by Gasteiger charge is 2.17. The topological polar surface area (TPSA) is 102 Å². The van der Waals surface area contributed by atoms with Gasteiger partial charge in [0.2, 0.25) is 17.5 Å². The fourth-order valence-corrected chi connectivity index (χ4v) is 3.40. The lowest BCUT2D eigenvalue weighted by molar-refractivity contribution is 0.324. The summed E-state index contributed by atoms with van der Waals surface area (Å²) in [5.41, 5.74) is 1.93. The summed E-state index contributed by atoms with van der Waals surface area (Å²) in [7, 11) is 4.60. The van der Waals surface area contributed by atoms with Gasteiger partial charge in [0.15, 0.2) is 11.5 Å². The lowest BCUT2D eigenvalue weighted by atomic mass is 10.1. The average molecular weight is 469 g/mol. The first-order valence-corrected chi connectivity index (χ1v) is 10.4. The standard InChI is InChI=1S/C23H21ClN4O5/c1-30-18-12-15(13-19(31-2)22(18)32-3)23-25-20(33-27-23)10-11-28-21(29)9-8-17(26-28)14-4-6-16(24)7-5-14/h4-9,12-13H,10-11H2,1-3H3. The molecule has 0 atom stereocenters. The van der Waals surface area contributed by atoms with E-state index >= 15 is 0 Å². The Hall–Kier alpha value is -3.85. The van der Waals surface area contributed by atoms with Gasteiger partial charge in [-0.1, -0.05) is 28.9 Å². The summed E-state index contributed by atoms with van der Waals surface area (Å²) in [6.45, 7) is 0.275. The van der Waals surface area contributed by atoms with E-state index in [0.29, 0.717) is 51.7 Å². The zero-order chi connectivity index (χ0) is 23.4. The first-order chi connectivity index (χ1) is 16.0. The summed E-state index contributed by atoms with van der Waals surface area (Å²) >= 11 is 5.95. The molecule has 0 saturated heterocycles. The number of methoxy groups -OCH3 is 3. The van der Waals surface area contributed by atoms with Crippen LogP contribution < -0.4 is 19.8 Å². The summed E-state index contributed by atoms with van der Waals surface area (Å²) in [6.07, 6.45) is 0.328. The van der Waals surface area contributed by atoms with Crippen molar-refractivity contribution in [1.29, 1.82) is 0 Å². The average Bonchev–Trinajstić information content (AvgIpc) is 3.32. The number of aryl methyl sites for hydroxylation is 2. The number of halogens is 1. The van der Waals surface area contributed by atoms with E-state index in [9.17, 15) is 4.79 Å². The van der Waals surface area contributed by atoms with Crippen LogP contribution in [0.3, 0.4) is 0 Å². The Morgan fingerprint density at radius 1 is 0.939 bits per heavy atom. The van der Waals surface area contributed by atoms with Gasteiger partial charge in [0.1, 0.15) is 0 Å². The number of aromatic nitrogens is 4. The summed E-state index contributed by atoms with van der Waals surface area (Å²) in [5, 5.41) is 9.11. The van der Waals surface area contributed by atoms with E-state index in [2.05, 4.69) is 15.2 Å². The fraction of sp³-hybridized carbons (Fsp3) is 0.217. The van der Waals surface area contributed by atoms with Crippen LogP contribution in [0, 0.1) is 0 Å². The fourth-order valence-electron chi connectivity index (χ4n) is 3.27. The van der Waals surface area contributed by atoms with Crippen molar-refractivity contribution >= 4 is 11.6 Å². The number of hydrogen-bond acceptors (Lipinski definition) is 8. The first-order valence-electron chi connectivity index (χ1n) is 9.99. The molecule has 0 radical (unpaired) electrons. The second-order valence-electron chi connectivity index (χ2n) is 6.96. The van der Waals surface area contributed by atoms with Crippen LogP contribution in [0.15, 0.2) is 57.8 Å². The number of hydrogen-bond donors (Lipinski definition) is 0. The Kier molecular flexibility index (Phi) is 6.60. The molecule has 0 aliphatic heterocycles. The maximum atomic E-state index is 12.3. The van der Waals surface area contributed by atoms with E-state index in [1.807, 2.05) is 12.1 Å². The quantitative estimate of drug-likeness (QED) is 0.384. The van der Waals surface area contributed by atoms with Crippen LogP contribution in [-0.2, 0) is 13.0 Å². The normalized spacial score (nSPS) is 10.8. The Balaban J connectivity index is 1.54. The van der Waals surface area contributed by atoms with Crippen LogP contribution >= 0.6 is 11.6 Å². The van der Waals surface area contributed by atoms with E-state index in [4.69, 9.17) is 30.3 Å². The van der Waals surface area contributed by atoms with Gasteiger partial charge in [-0.25, -0.2) is 4.68 Å². The third-order valence-corrected chi connectivity index (χ3v) is 5.19. The Bertz CT molecular complexity index is 1290. The molecule has 0 spiro atoms. The van der Waals surface area contributed by atoms with Gasteiger partial charge in [0.25, 0.3) is 5.56 Å². The summed E-state index contributed by atoms with van der Waals surface area (Å²) < 4.78 is 22.8. The van der Waals surface area contributed by atoms with Crippen LogP contribution in [0.25, 0.3) is 22.6 Å². The minimum Gasteiger partial charge on any atom is -0.493 e. The summed E-state index contributed by atoms with van der Waals surface area (Å²) in [6, 6.07) is 13.9. The highest BCUT2D eigenvalue weighted by atomic mass is 35.5. The molecule has 4 rings (SSSR count). The van der Waals surface area contributed by atoms with Gasteiger partial charge < -0.3 is 18.7 Å². The summed E-state index contributed by atoms with van der Waals surface area (Å²) in [5.74, 6) is 2.16. The molecule has 0 fully saturated rings. The van der Waals surface area contributed by atoms with Gasteiger partial charge in [-0.05, 0) is 30.3 Å². The molecule has 2 aromatic heterocycles. The molecule has 9 nitrogen and oxygen atoms in total. The van der Waals surface area contributed by atoms with Gasteiger partial charge in [-0.2, -0.15) is 10.1 Å². The maximum Gasteiger partial charge on any atom is 0.266 e. The number of rotatable bonds is 8. The van der Waals surface area contributed by atoms with Gasteiger partial charge in [-0.15, -0.1) is 0 Å². The monoisotopic (exact) mass is 468 g/mol. The molecule has 170 valence electrons. The third-order valence-electron chi connectivity index (χ3n) is 4.94. The second-order valence-corrected chi connectivity index (χ2v) is 7.40. The predicted octanol–water partition coefficient (Wildman–Crippen LogP) is 3.88. The van der Waals surface area contributed by atoms with Crippen molar-refractivity contribution in [2.24, 2.45) is 0 Å². The van der Waals surface area contributed by atoms with Crippen LogP contribution in [0.2, 0.25) is 5.02 Å². The molecule has 2 aromatic carbocycles. The first kappa shape index (κ1) is 22.3. The zero-order valence-corrected chi connectivity index (χ0v) is 19.0. The molecule has 2 heterocycles. The highest BCUT2D eigenvalue weighted by Crippen LogP contribution is 2.40. The lowest BCUT2D eigenvalue weighted by Crippen LogP contribution is -2.23. The smallest absolute Gasteiger partial charge is 0.266 e. The third kappa shape index (κ3) is 4.83. The molecule has 33 heavy (non-hydrogen) atoms. The van der Waals surface area contributed by atoms with Crippen LogP contribution in [-0.4, -0.2) is 41.3 Å². The van der Waals surface area contributed by atoms with E-state index in [0.717, 1.165) is 5.56 Å². The molecule has 0 aliphatic rings. The zero-order valence-electron chi connectivity index (χ0n) is 18.2. The molecule has 0 unspecified atom stereocenters. The van der Waals surface area contributed by atoms with Gasteiger partial charge in [0.05, 0.1) is 33.6 Å². The molecule has 0 N–H and O–H groups in total. The van der Waals surface area contributed by atoms with E-state index in [1.165, 1.54) is 32.1 Å². The summed E-state index contributed by atoms with van der Waals surface area (Å²) in [4.78, 5) is 16.7. The maximum absolute atomic E-state index is 12.3.